The third kappa shape index (κ3) is 3.08. The van der Waals surface area contributed by atoms with Crippen LogP contribution in [0.1, 0.15) is 5.56 Å². The monoisotopic (exact) mass is 422 g/mol. The number of anilines is 1. The number of nitrogens with one attached hydrogen (secondary N) is 1. The number of hydrogen-bond donors (Lipinski definition) is 1. The molecule has 2 amide bonds. The van der Waals surface area contributed by atoms with Crippen molar-refractivity contribution in [1.82, 2.24) is 5.43 Å². The van der Waals surface area contributed by atoms with E-state index in [2.05, 4.69) is 21.4 Å². The molecule has 0 unspecified atom stereocenters. The molecule has 3 aromatic carbocycles. The second-order valence-electron chi connectivity index (χ2n) is 6.02. The zero-order valence-corrected chi connectivity index (χ0v) is 16.0. The van der Waals surface area contributed by atoms with Crippen LogP contribution in [-0.2, 0) is 9.59 Å². The van der Waals surface area contributed by atoms with Crippen LogP contribution < -0.4 is 15.2 Å². The van der Waals surface area contributed by atoms with Gasteiger partial charge < -0.3 is 4.74 Å². The van der Waals surface area contributed by atoms with Crippen LogP contribution in [0.15, 0.2) is 70.7 Å². The zero-order chi connectivity index (χ0) is 19.0. The predicted molar refractivity (Wildman–Crippen MR) is 108 cm³/mol. The van der Waals surface area contributed by atoms with Gasteiger partial charge >= 0.3 is 0 Å². The molecule has 1 aliphatic heterocycles. The Balaban J connectivity index is 1.80. The minimum atomic E-state index is -0.446. The lowest BCUT2D eigenvalue weighted by Gasteiger charge is -2.14. The van der Waals surface area contributed by atoms with Crippen LogP contribution in [0.25, 0.3) is 16.8 Å². The Labute approximate surface area is 164 Å². The highest BCUT2D eigenvalue weighted by Gasteiger charge is 2.34. The van der Waals surface area contributed by atoms with Crippen molar-refractivity contribution in [2.75, 3.05) is 12.1 Å². The van der Waals surface area contributed by atoms with Gasteiger partial charge in [0.05, 0.1) is 12.8 Å². The lowest BCUT2D eigenvalue weighted by molar-refractivity contribution is -0.117. The van der Waals surface area contributed by atoms with Crippen LogP contribution >= 0.6 is 15.9 Å². The number of fused-ring (bicyclic) bond motifs is 1. The molecular weight excluding hydrogens is 408 g/mol. The SMILES string of the molecule is COc1ccc2ccccc2c1/C=C1/C(=O)NN(c2ccc(Br)cc2)C1=O. The van der Waals surface area contributed by atoms with Gasteiger partial charge in [-0.15, -0.1) is 0 Å². The predicted octanol–water partition coefficient (Wildman–Crippen LogP) is 4.07. The molecule has 0 saturated carbocycles. The first-order valence-corrected chi connectivity index (χ1v) is 9.06. The summed E-state index contributed by atoms with van der Waals surface area (Å²) in [6.07, 6.45) is 1.59. The number of hydrazine groups is 1. The first-order chi connectivity index (χ1) is 13.1. The van der Waals surface area contributed by atoms with Gasteiger partial charge in [0.2, 0.25) is 0 Å². The summed E-state index contributed by atoms with van der Waals surface area (Å²) >= 11 is 3.36. The van der Waals surface area contributed by atoms with Gasteiger partial charge in [-0.3, -0.25) is 15.0 Å². The molecule has 0 aliphatic carbocycles. The summed E-state index contributed by atoms with van der Waals surface area (Å²) in [5, 5.41) is 3.16. The second kappa shape index (κ2) is 6.89. The van der Waals surface area contributed by atoms with Gasteiger partial charge in [0.25, 0.3) is 11.8 Å². The molecule has 0 spiro atoms. The van der Waals surface area contributed by atoms with Gasteiger partial charge in [-0.25, -0.2) is 5.01 Å². The first kappa shape index (κ1) is 17.3. The molecule has 6 heteroatoms. The van der Waals surface area contributed by atoms with Crippen molar-refractivity contribution < 1.29 is 14.3 Å². The lowest BCUT2D eigenvalue weighted by atomic mass is 10.0. The molecule has 1 fully saturated rings. The van der Waals surface area contributed by atoms with E-state index >= 15 is 0 Å². The molecule has 5 nitrogen and oxygen atoms in total. The quantitative estimate of drug-likeness (QED) is 0.511. The molecule has 0 aromatic heterocycles. The minimum absolute atomic E-state index is 0.0626. The Morgan fingerprint density at radius 1 is 1.00 bits per heavy atom. The van der Waals surface area contributed by atoms with Gasteiger partial charge in [0.15, 0.2) is 0 Å². The van der Waals surface area contributed by atoms with Crippen molar-refractivity contribution in [2.24, 2.45) is 0 Å². The maximum absolute atomic E-state index is 12.9. The molecule has 4 rings (SSSR count). The molecule has 1 N–H and O–H groups in total. The normalized spacial score (nSPS) is 15.5. The summed E-state index contributed by atoms with van der Waals surface area (Å²) < 4.78 is 6.34. The van der Waals surface area contributed by atoms with Crippen molar-refractivity contribution >= 4 is 50.3 Å². The van der Waals surface area contributed by atoms with E-state index in [0.717, 1.165) is 15.2 Å². The highest BCUT2D eigenvalue weighted by Crippen LogP contribution is 2.31. The fourth-order valence-electron chi connectivity index (χ4n) is 3.08. The number of ether oxygens (including phenoxy) is 1. The number of benzene rings is 3. The van der Waals surface area contributed by atoms with Crippen molar-refractivity contribution in [2.45, 2.75) is 0 Å². The van der Waals surface area contributed by atoms with E-state index in [0.29, 0.717) is 17.0 Å². The summed E-state index contributed by atoms with van der Waals surface area (Å²) in [6.45, 7) is 0. The first-order valence-electron chi connectivity index (χ1n) is 8.27. The van der Waals surface area contributed by atoms with E-state index in [1.807, 2.05) is 48.5 Å². The topological polar surface area (TPSA) is 58.6 Å². The average molecular weight is 423 g/mol. The highest BCUT2D eigenvalue weighted by atomic mass is 79.9. The van der Waals surface area contributed by atoms with Gasteiger partial charge in [-0.2, -0.15) is 0 Å². The standard InChI is InChI=1S/C21H15BrN2O3/c1-27-19-11-6-13-4-2-3-5-16(13)17(19)12-18-20(25)23-24(21(18)26)15-9-7-14(22)8-10-15/h2-12H,1H3,(H,23,25)/b18-12-. The summed E-state index contributed by atoms with van der Waals surface area (Å²) in [4.78, 5) is 25.3. The molecule has 0 atom stereocenters. The fraction of sp³-hybridized carbons (Fsp3) is 0.0476. The minimum Gasteiger partial charge on any atom is -0.496 e. The van der Waals surface area contributed by atoms with E-state index in [-0.39, 0.29) is 5.57 Å². The van der Waals surface area contributed by atoms with Crippen LogP contribution in [0.3, 0.4) is 0 Å². The number of halogens is 1. The van der Waals surface area contributed by atoms with Gasteiger partial charge in [0.1, 0.15) is 11.3 Å². The van der Waals surface area contributed by atoms with E-state index < -0.39 is 11.8 Å². The van der Waals surface area contributed by atoms with E-state index in [1.165, 1.54) is 5.01 Å². The molecule has 1 heterocycles. The molecule has 1 aliphatic rings. The summed E-state index contributed by atoms with van der Waals surface area (Å²) in [5.74, 6) is -0.251. The maximum Gasteiger partial charge on any atom is 0.282 e. The molecule has 27 heavy (non-hydrogen) atoms. The van der Waals surface area contributed by atoms with Crippen molar-refractivity contribution in [3.05, 3.63) is 76.3 Å². The van der Waals surface area contributed by atoms with Gasteiger partial charge in [-0.1, -0.05) is 46.3 Å². The summed E-state index contributed by atoms with van der Waals surface area (Å²) in [6, 6.07) is 18.7. The van der Waals surface area contributed by atoms with E-state index in [4.69, 9.17) is 4.74 Å². The number of nitrogens with zero attached hydrogens (tertiary/aromatic N) is 1. The zero-order valence-electron chi connectivity index (χ0n) is 14.4. The number of amides is 2. The lowest BCUT2D eigenvalue weighted by Crippen LogP contribution is -2.35. The number of hydrogen-bond acceptors (Lipinski definition) is 3. The average Bonchev–Trinajstić information content (AvgIpc) is 2.97. The van der Waals surface area contributed by atoms with Crippen molar-refractivity contribution in [3.8, 4) is 5.75 Å². The maximum atomic E-state index is 12.9. The van der Waals surface area contributed by atoms with Crippen LogP contribution in [0, 0.1) is 0 Å². The molecule has 0 bridgehead atoms. The Bertz CT molecular complexity index is 1090. The third-order valence-corrected chi connectivity index (χ3v) is 4.94. The molecular formula is C21H15BrN2O3. The van der Waals surface area contributed by atoms with Crippen molar-refractivity contribution in [3.63, 3.8) is 0 Å². The third-order valence-electron chi connectivity index (χ3n) is 4.42. The van der Waals surface area contributed by atoms with Crippen LogP contribution in [-0.4, -0.2) is 18.9 Å². The summed E-state index contributed by atoms with van der Waals surface area (Å²) in [7, 11) is 1.57. The van der Waals surface area contributed by atoms with Gasteiger partial charge in [-0.05, 0) is 47.2 Å². The Morgan fingerprint density at radius 3 is 2.48 bits per heavy atom. The Kier molecular flexibility index (Phi) is 4.41. The number of rotatable bonds is 3. The molecule has 0 radical (unpaired) electrons. The molecule has 3 aromatic rings. The Hall–Kier alpha value is -3.12. The van der Waals surface area contributed by atoms with Crippen LogP contribution in [0.5, 0.6) is 5.75 Å². The largest absolute Gasteiger partial charge is 0.496 e. The number of methoxy groups -OCH3 is 1. The second-order valence-corrected chi connectivity index (χ2v) is 6.93. The smallest absolute Gasteiger partial charge is 0.282 e. The fourth-order valence-corrected chi connectivity index (χ4v) is 3.34. The summed E-state index contributed by atoms with van der Waals surface area (Å²) in [5.41, 5.74) is 3.97. The highest BCUT2D eigenvalue weighted by molar-refractivity contribution is 9.10. The molecule has 1 saturated heterocycles. The van der Waals surface area contributed by atoms with E-state index in [1.54, 1.807) is 25.3 Å². The van der Waals surface area contributed by atoms with Gasteiger partial charge in [0, 0.05) is 10.0 Å². The number of carbonyl (C=O) groups is 2. The van der Waals surface area contributed by atoms with E-state index in [9.17, 15) is 9.59 Å². The number of carbonyl (C=O) groups excluding carboxylic acids is 2. The van der Waals surface area contributed by atoms with Crippen LogP contribution in [0.2, 0.25) is 0 Å². The van der Waals surface area contributed by atoms with Crippen LogP contribution in [0.4, 0.5) is 5.69 Å². The van der Waals surface area contributed by atoms with Crippen molar-refractivity contribution in [1.29, 1.82) is 0 Å². The Morgan fingerprint density at radius 2 is 1.74 bits per heavy atom. The molecule has 134 valence electrons.